The van der Waals surface area contributed by atoms with Gasteiger partial charge in [0.2, 0.25) is 0 Å². The van der Waals surface area contributed by atoms with Crippen LogP contribution in [0.3, 0.4) is 0 Å². The van der Waals surface area contributed by atoms with Gasteiger partial charge in [-0.2, -0.15) is 0 Å². The summed E-state index contributed by atoms with van der Waals surface area (Å²) < 4.78 is 2.03. The monoisotopic (exact) mass is 326 g/mol. The van der Waals surface area contributed by atoms with Crippen molar-refractivity contribution in [1.82, 2.24) is 19.9 Å². The van der Waals surface area contributed by atoms with Crippen LogP contribution in [0.5, 0.6) is 0 Å². The highest BCUT2D eigenvalue weighted by Crippen LogP contribution is 2.29. The number of aryl methyl sites for hydroxylation is 1. The molecule has 126 valence electrons. The number of aliphatic hydroxyl groups is 1. The predicted octanol–water partition coefficient (Wildman–Crippen LogP) is 1.34. The molecule has 1 fully saturated rings. The molecule has 0 aliphatic heterocycles. The van der Waals surface area contributed by atoms with Crippen molar-refractivity contribution in [3.8, 4) is 0 Å². The van der Waals surface area contributed by atoms with Gasteiger partial charge in [-0.15, -0.1) is 0 Å². The number of nitrogens with zero attached hydrogens (tertiary/aromatic N) is 3. The standard InChI is InChI=1S/C18H22N4O2/c23-17-9-12(10-22-7-6-19-11-22)8-16(17)21-18(24)14-4-5-20-15-3-1-2-13(14)15/h4-7,11-12,16-17,23H,1-3,8-10H2,(H,21,24)/t12?,16-,17-/m1/s1. The van der Waals surface area contributed by atoms with Crippen molar-refractivity contribution in [3.63, 3.8) is 0 Å². The second kappa shape index (κ2) is 6.36. The third kappa shape index (κ3) is 2.94. The lowest BCUT2D eigenvalue weighted by molar-refractivity contribution is 0.0872. The highest BCUT2D eigenvalue weighted by atomic mass is 16.3. The maximum atomic E-state index is 12.7. The SMILES string of the molecule is O=C(N[C@@H]1CC(Cn2ccnc2)C[C@H]1O)c1ccnc2c1CCC2. The van der Waals surface area contributed by atoms with Gasteiger partial charge in [0.25, 0.3) is 5.91 Å². The van der Waals surface area contributed by atoms with Crippen molar-refractivity contribution in [3.05, 3.63) is 47.8 Å². The molecule has 0 bridgehead atoms. The van der Waals surface area contributed by atoms with E-state index in [2.05, 4.69) is 15.3 Å². The van der Waals surface area contributed by atoms with Gasteiger partial charge in [0.1, 0.15) is 0 Å². The summed E-state index contributed by atoms with van der Waals surface area (Å²) in [5.41, 5.74) is 2.85. The van der Waals surface area contributed by atoms with Crippen molar-refractivity contribution in [2.24, 2.45) is 5.92 Å². The maximum Gasteiger partial charge on any atom is 0.251 e. The fourth-order valence-electron chi connectivity index (χ4n) is 4.04. The lowest BCUT2D eigenvalue weighted by Crippen LogP contribution is -2.40. The number of carbonyl (C=O) groups is 1. The van der Waals surface area contributed by atoms with Gasteiger partial charge in [-0.05, 0) is 49.7 Å². The van der Waals surface area contributed by atoms with E-state index in [0.717, 1.165) is 49.0 Å². The Balaban J connectivity index is 1.42. The number of fused-ring (bicyclic) bond motifs is 1. The molecule has 2 heterocycles. The van der Waals surface area contributed by atoms with E-state index in [9.17, 15) is 9.90 Å². The molecule has 0 spiro atoms. The van der Waals surface area contributed by atoms with Gasteiger partial charge in [0.15, 0.2) is 0 Å². The minimum absolute atomic E-state index is 0.0807. The number of imidazole rings is 1. The van der Waals surface area contributed by atoms with Crippen LogP contribution in [-0.2, 0) is 19.4 Å². The van der Waals surface area contributed by atoms with Crippen LogP contribution in [0.15, 0.2) is 31.0 Å². The Bertz CT molecular complexity index is 729. The number of aromatic nitrogens is 3. The first-order chi connectivity index (χ1) is 11.7. The molecular formula is C18H22N4O2. The van der Waals surface area contributed by atoms with E-state index in [1.807, 2.05) is 10.8 Å². The molecule has 2 N–H and O–H groups in total. The van der Waals surface area contributed by atoms with Gasteiger partial charge in [0, 0.05) is 36.4 Å². The molecule has 6 nitrogen and oxygen atoms in total. The largest absolute Gasteiger partial charge is 0.391 e. The van der Waals surface area contributed by atoms with E-state index in [1.54, 1.807) is 24.8 Å². The number of nitrogens with one attached hydrogen (secondary N) is 1. The quantitative estimate of drug-likeness (QED) is 0.888. The van der Waals surface area contributed by atoms with Crippen molar-refractivity contribution in [2.45, 2.75) is 50.8 Å². The summed E-state index contributed by atoms with van der Waals surface area (Å²) in [6.07, 6.45) is 11.1. The normalized spacial score (nSPS) is 25.6. The van der Waals surface area contributed by atoms with Gasteiger partial charge in [-0.1, -0.05) is 0 Å². The summed E-state index contributed by atoms with van der Waals surface area (Å²) in [7, 11) is 0. The fraction of sp³-hybridized carbons (Fsp3) is 0.500. The van der Waals surface area contributed by atoms with E-state index in [4.69, 9.17) is 0 Å². The van der Waals surface area contributed by atoms with Crippen molar-refractivity contribution < 1.29 is 9.90 Å². The number of aliphatic hydroxyl groups excluding tert-OH is 1. The average molecular weight is 326 g/mol. The Labute approximate surface area is 140 Å². The lowest BCUT2D eigenvalue weighted by atomic mass is 10.1. The second-order valence-electron chi connectivity index (χ2n) is 6.88. The summed E-state index contributed by atoms with van der Waals surface area (Å²) in [5.74, 6) is 0.269. The lowest BCUT2D eigenvalue weighted by Gasteiger charge is -2.17. The van der Waals surface area contributed by atoms with Crippen LogP contribution in [0.1, 0.15) is 40.9 Å². The Kier molecular flexibility index (Phi) is 4.06. The third-order valence-corrected chi connectivity index (χ3v) is 5.20. The Morgan fingerprint density at radius 3 is 3.08 bits per heavy atom. The molecule has 2 aliphatic rings. The minimum Gasteiger partial charge on any atom is -0.391 e. The summed E-state index contributed by atoms with van der Waals surface area (Å²) in [6, 6.07) is 1.61. The van der Waals surface area contributed by atoms with E-state index >= 15 is 0 Å². The Hall–Kier alpha value is -2.21. The first-order valence-corrected chi connectivity index (χ1v) is 8.62. The summed E-state index contributed by atoms with van der Waals surface area (Å²) in [6.45, 7) is 0.827. The van der Waals surface area contributed by atoms with Crippen LogP contribution >= 0.6 is 0 Å². The van der Waals surface area contributed by atoms with E-state index < -0.39 is 6.10 Å². The Morgan fingerprint density at radius 2 is 2.25 bits per heavy atom. The van der Waals surface area contributed by atoms with Crippen molar-refractivity contribution in [1.29, 1.82) is 0 Å². The average Bonchev–Trinajstić information content (AvgIpc) is 3.29. The molecule has 0 radical (unpaired) electrons. The molecule has 2 aromatic heterocycles. The summed E-state index contributed by atoms with van der Waals surface area (Å²) in [5, 5.41) is 13.4. The van der Waals surface area contributed by atoms with Crippen molar-refractivity contribution >= 4 is 5.91 Å². The van der Waals surface area contributed by atoms with Gasteiger partial charge < -0.3 is 15.0 Å². The number of rotatable bonds is 4. The summed E-state index contributed by atoms with van der Waals surface area (Å²) >= 11 is 0. The minimum atomic E-state index is -0.489. The van der Waals surface area contributed by atoms with Crippen LogP contribution in [0.25, 0.3) is 0 Å². The first-order valence-electron chi connectivity index (χ1n) is 8.62. The molecule has 3 atom stereocenters. The van der Waals surface area contributed by atoms with E-state index in [1.165, 1.54) is 0 Å². The molecule has 0 aromatic carbocycles. The predicted molar refractivity (Wildman–Crippen MR) is 88.5 cm³/mol. The van der Waals surface area contributed by atoms with Gasteiger partial charge in [-0.25, -0.2) is 4.98 Å². The number of hydrogen-bond acceptors (Lipinski definition) is 4. The van der Waals surface area contributed by atoms with Crippen molar-refractivity contribution in [2.75, 3.05) is 0 Å². The number of hydrogen-bond donors (Lipinski definition) is 2. The molecule has 1 unspecified atom stereocenters. The zero-order valence-corrected chi connectivity index (χ0v) is 13.6. The van der Waals surface area contributed by atoms with E-state index in [-0.39, 0.29) is 11.9 Å². The zero-order chi connectivity index (χ0) is 16.5. The number of carbonyl (C=O) groups excluding carboxylic acids is 1. The van der Waals surface area contributed by atoms with Crippen LogP contribution in [0.2, 0.25) is 0 Å². The molecule has 4 rings (SSSR count). The summed E-state index contributed by atoms with van der Waals surface area (Å²) in [4.78, 5) is 21.1. The molecule has 2 aliphatic carbocycles. The number of amides is 1. The molecular weight excluding hydrogens is 304 g/mol. The van der Waals surface area contributed by atoms with E-state index in [0.29, 0.717) is 12.3 Å². The molecule has 1 amide bonds. The van der Waals surface area contributed by atoms with Crippen LogP contribution in [0.4, 0.5) is 0 Å². The first kappa shape index (κ1) is 15.3. The highest BCUT2D eigenvalue weighted by molar-refractivity contribution is 5.96. The Morgan fingerprint density at radius 1 is 1.33 bits per heavy atom. The van der Waals surface area contributed by atoms with Gasteiger partial charge >= 0.3 is 0 Å². The molecule has 24 heavy (non-hydrogen) atoms. The van der Waals surface area contributed by atoms with Crippen LogP contribution < -0.4 is 5.32 Å². The third-order valence-electron chi connectivity index (χ3n) is 5.20. The smallest absolute Gasteiger partial charge is 0.251 e. The molecule has 0 saturated heterocycles. The molecule has 6 heteroatoms. The van der Waals surface area contributed by atoms with Crippen LogP contribution in [0, 0.1) is 5.92 Å². The topological polar surface area (TPSA) is 80.0 Å². The maximum absolute atomic E-state index is 12.7. The van der Waals surface area contributed by atoms with Gasteiger partial charge in [-0.3, -0.25) is 9.78 Å². The second-order valence-corrected chi connectivity index (χ2v) is 6.88. The van der Waals surface area contributed by atoms with Crippen LogP contribution in [-0.4, -0.2) is 37.7 Å². The van der Waals surface area contributed by atoms with Gasteiger partial charge in [0.05, 0.1) is 18.5 Å². The zero-order valence-electron chi connectivity index (χ0n) is 13.6. The molecule has 1 saturated carbocycles. The highest BCUT2D eigenvalue weighted by Gasteiger charge is 2.34. The fourth-order valence-corrected chi connectivity index (χ4v) is 4.04. The number of pyridine rings is 1. The molecule has 2 aromatic rings.